The summed E-state index contributed by atoms with van der Waals surface area (Å²) in [5.74, 6) is 2.60. The van der Waals surface area contributed by atoms with E-state index in [0.717, 1.165) is 24.7 Å². The van der Waals surface area contributed by atoms with E-state index in [0.29, 0.717) is 23.3 Å². The Balaban J connectivity index is 2.07. The molecule has 3 unspecified atom stereocenters. The molecule has 1 spiro atoms. The summed E-state index contributed by atoms with van der Waals surface area (Å²) in [7, 11) is 0. The number of hydrogen-bond acceptors (Lipinski definition) is 1. The molecule has 2 heteroatoms. The summed E-state index contributed by atoms with van der Waals surface area (Å²) in [4.78, 5) is 11.9. The van der Waals surface area contributed by atoms with Gasteiger partial charge in [-0.3, -0.25) is 4.79 Å². The van der Waals surface area contributed by atoms with E-state index < -0.39 is 0 Å². The predicted molar refractivity (Wildman–Crippen MR) is 79.8 cm³/mol. The second-order valence-electron chi connectivity index (χ2n) is 7.88. The van der Waals surface area contributed by atoms with Crippen molar-refractivity contribution in [3.63, 3.8) is 0 Å². The Bertz CT molecular complexity index is 323. The van der Waals surface area contributed by atoms with E-state index in [-0.39, 0.29) is 0 Å². The number of carbonyl (C=O) groups excluding carboxylic acids is 1. The Labute approximate surface area is 118 Å². The number of carbonyl (C=O) groups is 1. The predicted octanol–water partition coefficient (Wildman–Crippen LogP) is 4.14. The standard InChI is InChI=1S/C17H31NO/c1-12(2)8-14-6-5-7-17(10-14)11-16(19)18-15(17)9-13(3)4/h12-15H,5-11H2,1-4H3,(H,18,19). The lowest BCUT2D eigenvalue weighted by Crippen LogP contribution is -2.41. The van der Waals surface area contributed by atoms with E-state index in [2.05, 4.69) is 33.0 Å². The second-order valence-corrected chi connectivity index (χ2v) is 7.88. The smallest absolute Gasteiger partial charge is 0.220 e. The fourth-order valence-corrected chi connectivity index (χ4v) is 4.49. The first-order valence-corrected chi connectivity index (χ1v) is 8.20. The van der Waals surface area contributed by atoms with Crippen LogP contribution in [-0.4, -0.2) is 11.9 Å². The maximum Gasteiger partial charge on any atom is 0.220 e. The molecule has 0 aromatic heterocycles. The molecule has 1 amide bonds. The first-order valence-electron chi connectivity index (χ1n) is 8.20. The highest BCUT2D eigenvalue weighted by atomic mass is 16.2. The Morgan fingerprint density at radius 1 is 1.21 bits per heavy atom. The van der Waals surface area contributed by atoms with Crippen LogP contribution in [0.5, 0.6) is 0 Å². The summed E-state index contributed by atoms with van der Waals surface area (Å²) in [6, 6.07) is 0.440. The molecule has 1 aliphatic carbocycles. The van der Waals surface area contributed by atoms with Crippen LogP contribution in [0.3, 0.4) is 0 Å². The van der Waals surface area contributed by atoms with Gasteiger partial charge in [0, 0.05) is 12.5 Å². The van der Waals surface area contributed by atoms with E-state index in [4.69, 9.17) is 0 Å². The number of amides is 1. The van der Waals surface area contributed by atoms with Crippen molar-refractivity contribution >= 4 is 5.91 Å². The molecule has 0 aromatic rings. The monoisotopic (exact) mass is 265 g/mol. The van der Waals surface area contributed by atoms with Gasteiger partial charge in [0.25, 0.3) is 0 Å². The summed E-state index contributed by atoms with van der Waals surface area (Å²) < 4.78 is 0. The van der Waals surface area contributed by atoms with E-state index in [9.17, 15) is 4.79 Å². The molecule has 0 radical (unpaired) electrons. The lowest BCUT2D eigenvalue weighted by Gasteiger charge is -2.42. The topological polar surface area (TPSA) is 29.1 Å². The molecule has 19 heavy (non-hydrogen) atoms. The zero-order valence-corrected chi connectivity index (χ0v) is 13.2. The fourth-order valence-electron chi connectivity index (χ4n) is 4.49. The lowest BCUT2D eigenvalue weighted by atomic mass is 9.63. The van der Waals surface area contributed by atoms with Gasteiger partial charge in [0.15, 0.2) is 0 Å². The van der Waals surface area contributed by atoms with Crippen LogP contribution in [0.15, 0.2) is 0 Å². The molecule has 0 bridgehead atoms. The van der Waals surface area contributed by atoms with Crippen molar-refractivity contribution in [1.82, 2.24) is 5.32 Å². The van der Waals surface area contributed by atoms with Crippen molar-refractivity contribution in [1.29, 1.82) is 0 Å². The van der Waals surface area contributed by atoms with Crippen molar-refractivity contribution in [3.05, 3.63) is 0 Å². The van der Waals surface area contributed by atoms with E-state index in [1.165, 1.54) is 32.1 Å². The minimum Gasteiger partial charge on any atom is -0.353 e. The van der Waals surface area contributed by atoms with Gasteiger partial charge in [0.1, 0.15) is 0 Å². The molecule has 3 atom stereocenters. The average molecular weight is 265 g/mol. The SMILES string of the molecule is CC(C)CC1CCCC2(CC(=O)NC2CC(C)C)C1. The zero-order chi connectivity index (χ0) is 14.0. The van der Waals surface area contributed by atoms with E-state index in [1.807, 2.05) is 0 Å². The van der Waals surface area contributed by atoms with Crippen LogP contribution in [0.4, 0.5) is 0 Å². The molecule has 2 aliphatic rings. The molecule has 0 aromatic carbocycles. The third-order valence-electron chi connectivity index (χ3n) is 5.08. The first kappa shape index (κ1) is 14.9. The van der Waals surface area contributed by atoms with Crippen molar-refractivity contribution in [3.8, 4) is 0 Å². The Hall–Kier alpha value is -0.530. The van der Waals surface area contributed by atoms with Crippen LogP contribution >= 0.6 is 0 Å². The molecular weight excluding hydrogens is 234 g/mol. The minimum absolute atomic E-state index is 0.291. The van der Waals surface area contributed by atoms with E-state index in [1.54, 1.807) is 0 Å². The summed E-state index contributed by atoms with van der Waals surface area (Å²) in [5, 5.41) is 3.28. The van der Waals surface area contributed by atoms with Crippen LogP contribution in [0, 0.1) is 23.2 Å². The lowest BCUT2D eigenvalue weighted by molar-refractivity contribution is -0.120. The maximum atomic E-state index is 11.9. The molecule has 1 heterocycles. The van der Waals surface area contributed by atoms with Crippen LogP contribution in [0.1, 0.15) is 72.6 Å². The molecule has 110 valence electrons. The average Bonchev–Trinajstić information content (AvgIpc) is 2.52. The summed E-state index contributed by atoms with van der Waals surface area (Å²) >= 11 is 0. The van der Waals surface area contributed by atoms with Crippen LogP contribution in [0.25, 0.3) is 0 Å². The highest BCUT2D eigenvalue weighted by Crippen LogP contribution is 2.50. The Morgan fingerprint density at radius 3 is 2.53 bits per heavy atom. The van der Waals surface area contributed by atoms with Gasteiger partial charge in [-0.25, -0.2) is 0 Å². The molecule has 1 saturated heterocycles. The van der Waals surface area contributed by atoms with Crippen LogP contribution in [0.2, 0.25) is 0 Å². The van der Waals surface area contributed by atoms with Gasteiger partial charge in [-0.1, -0.05) is 40.5 Å². The highest BCUT2D eigenvalue weighted by Gasteiger charge is 2.48. The third kappa shape index (κ3) is 3.52. The zero-order valence-electron chi connectivity index (χ0n) is 13.2. The second kappa shape index (κ2) is 5.85. The van der Waals surface area contributed by atoms with Gasteiger partial charge < -0.3 is 5.32 Å². The highest BCUT2D eigenvalue weighted by molar-refractivity contribution is 5.80. The molecule has 1 N–H and O–H groups in total. The normalized spacial score (nSPS) is 35.4. The van der Waals surface area contributed by atoms with Gasteiger partial charge in [-0.05, 0) is 48.9 Å². The van der Waals surface area contributed by atoms with Crippen molar-refractivity contribution in [2.75, 3.05) is 0 Å². The fraction of sp³-hybridized carbons (Fsp3) is 0.941. The van der Waals surface area contributed by atoms with E-state index >= 15 is 0 Å². The minimum atomic E-state index is 0.291. The van der Waals surface area contributed by atoms with Crippen molar-refractivity contribution in [2.24, 2.45) is 23.2 Å². The largest absolute Gasteiger partial charge is 0.353 e. The maximum absolute atomic E-state index is 11.9. The summed E-state index contributed by atoms with van der Waals surface area (Å²) in [6.45, 7) is 9.19. The number of hydrogen-bond donors (Lipinski definition) is 1. The third-order valence-corrected chi connectivity index (χ3v) is 5.08. The summed E-state index contributed by atoms with van der Waals surface area (Å²) in [6.07, 6.45) is 8.52. The van der Waals surface area contributed by atoms with Gasteiger partial charge in [-0.15, -0.1) is 0 Å². The van der Waals surface area contributed by atoms with Crippen molar-refractivity contribution in [2.45, 2.75) is 78.7 Å². The van der Waals surface area contributed by atoms with Crippen molar-refractivity contribution < 1.29 is 4.79 Å². The Morgan fingerprint density at radius 2 is 1.89 bits per heavy atom. The number of rotatable bonds is 4. The number of nitrogens with one attached hydrogen (secondary N) is 1. The summed E-state index contributed by atoms with van der Waals surface area (Å²) in [5.41, 5.74) is 0.291. The van der Waals surface area contributed by atoms with Gasteiger partial charge in [0.2, 0.25) is 5.91 Å². The molecule has 2 fully saturated rings. The quantitative estimate of drug-likeness (QED) is 0.813. The van der Waals surface area contributed by atoms with Crippen LogP contribution in [-0.2, 0) is 4.79 Å². The molecule has 1 aliphatic heterocycles. The molecule has 1 saturated carbocycles. The van der Waals surface area contributed by atoms with Gasteiger partial charge in [-0.2, -0.15) is 0 Å². The Kier molecular flexibility index (Phi) is 4.58. The van der Waals surface area contributed by atoms with Gasteiger partial charge >= 0.3 is 0 Å². The van der Waals surface area contributed by atoms with Gasteiger partial charge in [0.05, 0.1) is 0 Å². The molecule has 2 rings (SSSR count). The van der Waals surface area contributed by atoms with Crippen LogP contribution < -0.4 is 5.32 Å². The first-order chi connectivity index (χ1) is 8.91. The molecule has 2 nitrogen and oxygen atoms in total. The molecular formula is C17H31NO.